The van der Waals surface area contributed by atoms with Crippen molar-refractivity contribution in [3.63, 3.8) is 0 Å². The highest BCUT2D eigenvalue weighted by Gasteiger charge is 2.15. The second kappa shape index (κ2) is 5.76. The number of nitrogens with zero attached hydrogens (tertiary/aromatic N) is 3. The van der Waals surface area contributed by atoms with Gasteiger partial charge in [0.05, 0.1) is 24.2 Å². The van der Waals surface area contributed by atoms with Crippen molar-refractivity contribution in [1.82, 2.24) is 14.8 Å². The molecule has 114 valence electrons. The number of aryl methyl sites for hydroxylation is 1. The van der Waals surface area contributed by atoms with Crippen molar-refractivity contribution in [1.29, 1.82) is 0 Å². The lowest BCUT2D eigenvalue weighted by atomic mass is 10.1. The average Bonchev–Trinajstić information content (AvgIpc) is 3.13. The van der Waals surface area contributed by atoms with E-state index in [4.69, 9.17) is 9.15 Å². The number of rotatable bonds is 4. The molecular formula is C15H15N3O3S. The van der Waals surface area contributed by atoms with Crippen LogP contribution in [0.1, 0.15) is 16.8 Å². The van der Waals surface area contributed by atoms with Gasteiger partial charge in [0, 0.05) is 17.3 Å². The highest BCUT2D eigenvalue weighted by atomic mass is 32.1. The molecule has 6 nitrogen and oxygen atoms in total. The minimum Gasteiger partial charge on any atom is -0.496 e. The van der Waals surface area contributed by atoms with E-state index in [-0.39, 0.29) is 6.54 Å². The van der Waals surface area contributed by atoms with Crippen LogP contribution >= 0.6 is 11.3 Å². The number of aromatic nitrogens is 3. The molecule has 3 rings (SSSR count). The van der Waals surface area contributed by atoms with Crippen LogP contribution in [0.4, 0.5) is 0 Å². The summed E-state index contributed by atoms with van der Waals surface area (Å²) in [7, 11) is 1.62. The molecule has 0 unspecified atom stereocenters. The van der Waals surface area contributed by atoms with E-state index in [2.05, 4.69) is 10.1 Å². The van der Waals surface area contributed by atoms with Crippen LogP contribution in [-0.2, 0) is 6.54 Å². The van der Waals surface area contributed by atoms with E-state index in [1.165, 1.54) is 16.0 Å². The molecule has 0 fully saturated rings. The first-order valence-corrected chi connectivity index (χ1v) is 7.59. The molecule has 0 aromatic carbocycles. The van der Waals surface area contributed by atoms with Crippen LogP contribution in [0.2, 0.25) is 0 Å². The van der Waals surface area contributed by atoms with Crippen molar-refractivity contribution >= 4 is 11.3 Å². The van der Waals surface area contributed by atoms with Crippen molar-refractivity contribution in [3.8, 4) is 16.5 Å². The van der Waals surface area contributed by atoms with Gasteiger partial charge in [0.15, 0.2) is 0 Å². The Kier molecular flexibility index (Phi) is 3.81. The van der Waals surface area contributed by atoms with Crippen molar-refractivity contribution in [2.75, 3.05) is 7.11 Å². The lowest BCUT2D eigenvalue weighted by Gasteiger charge is -2.11. The predicted molar refractivity (Wildman–Crippen MR) is 83.4 cm³/mol. The second-order valence-electron chi connectivity index (χ2n) is 4.85. The Morgan fingerprint density at radius 2 is 2.23 bits per heavy atom. The Morgan fingerprint density at radius 3 is 2.91 bits per heavy atom. The second-order valence-corrected chi connectivity index (χ2v) is 5.80. The Hall–Kier alpha value is -2.41. The monoisotopic (exact) mass is 317 g/mol. The fourth-order valence-electron chi connectivity index (χ4n) is 2.28. The van der Waals surface area contributed by atoms with Gasteiger partial charge in [-0.15, -0.1) is 16.4 Å². The Labute approximate surface area is 131 Å². The van der Waals surface area contributed by atoms with E-state index in [0.717, 1.165) is 27.4 Å². The molecule has 0 aliphatic heterocycles. The van der Waals surface area contributed by atoms with Gasteiger partial charge in [-0.05, 0) is 25.3 Å². The molecule has 0 spiro atoms. The number of pyridine rings is 1. The summed E-state index contributed by atoms with van der Waals surface area (Å²) in [6, 6.07) is 3.74. The van der Waals surface area contributed by atoms with Crippen LogP contribution in [0.5, 0.6) is 5.75 Å². The molecule has 0 aliphatic rings. The van der Waals surface area contributed by atoms with Crippen LogP contribution in [0.25, 0.3) is 10.8 Å². The first-order chi connectivity index (χ1) is 10.6. The highest BCUT2D eigenvalue weighted by Crippen LogP contribution is 2.25. The average molecular weight is 317 g/mol. The van der Waals surface area contributed by atoms with Crippen molar-refractivity contribution in [2.24, 2.45) is 0 Å². The summed E-state index contributed by atoms with van der Waals surface area (Å²) >= 11 is 1.47. The van der Waals surface area contributed by atoms with Gasteiger partial charge in [-0.25, -0.2) is 4.79 Å². The molecule has 3 heterocycles. The Balaban J connectivity index is 1.96. The summed E-state index contributed by atoms with van der Waals surface area (Å²) in [4.78, 5) is 17.1. The number of thiophene rings is 1. The summed E-state index contributed by atoms with van der Waals surface area (Å²) in [5.41, 5.74) is 2.58. The summed E-state index contributed by atoms with van der Waals surface area (Å²) in [5, 5.41) is 6.14. The molecule has 0 amide bonds. The predicted octanol–water partition coefficient (Wildman–Crippen LogP) is 2.63. The number of hydrogen-bond donors (Lipinski definition) is 0. The van der Waals surface area contributed by atoms with Crippen LogP contribution in [0.15, 0.2) is 32.9 Å². The fourth-order valence-corrected chi connectivity index (χ4v) is 2.92. The van der Waals surface area contributed by atoms with Crippen LogP contribution in [0.3, 0.4) is 0 Å². The molecule has 0 radical (unpaired) electrons. The quantitative estimate of drug-likeness (QED) is 0.740. The van der Waals surface area contributed by atoms with Crippen LogP contribution < -0.4 is 10.5 Å². The van der Waals surface area contributed by atoms with E-state index in [9.17, 15) is 4.79 Å². The van der Waals surface area contributed by atoms with Gasteiger partial charge in [-0.1, -0.05) is 6.07 Å². The van der Waals surface area contributed by atoms with Crippen molar-refractivity contribution in [2.45, 2.75) is 20.4 Å². The first-order valence-electron chi connectivity index (χ1n) is 6.71. The minimum atomic E-state index is -0.496. The standard InChI is InChI=1S/C15H15N3O3S/c1-9-7-16-11(10(2)13(9)20-3)8-18-15(19)21-14(17-18)12-5-4-6-22-12/h4-7H,8H2,1-3H3. The largest absolute Gasteiger partial charge is 0.496 e. The van der Waals surface area contributed by atoms with Crippen molar-refractivity contribution in [3.05, 3.63) is 51.1 Å². The zero-order valence-corrected chi connectivity index (χ0v) is 13.3. The molecule has 7 heteroatoms. The van der Waals surface area contributed by atoms with E-state index < -0.39 is 5.76 Å². The van der Waals surface area contributed by atoms with Crippen LogP contribution in [-0.4, -0.2) is 21.9 Å². The van der Waals surface area contributed by atoms with Gasteiger partial charge in [-0.3, -0.25) is 4.98 Å². The van der Waals surface area contributed by atoms with E-state index in [1.807, 2.05) is 31.4 Å². The molecule has 0 bridgehead atoms. The van der Waals surface area contributed by atoms with Gasteiger partial charge in [-0.2, -0.15) is 4.68 Å². The zero-order chi connectivity index (χ0) is 15.7. The fraction of sp³-hybridized carbons (Fsp3) is 0.267. The maximum Gasteiger partial charge on any atom is 0.437 e. The minimum absolute atomic E-state index is 0.246. The van der Waals surface area contributed by atoms with Gasteiger partial charge in [0.2, 0.25) is 0 Å². The van der Waals surface area contributed by atoms with E-state index in [0.29, 0.717) is 5.89 Å². The SMILES string of the molecule is COc1c(C)cnc(Cn2nc(-c3cccs3)oc2=O)c1C. The maximum atomic E-state index is 12.0. The normalized spacial score (nSPS) is 10.9. The highest BCUT2D eigenvalue weighted by molar-refractivity contribution is 7.13. The topological polar surface area (TPSA) is 70.2 Å². The summed E-state index contributed by atoms with van der Waals surface area (Å²) < 4.78 is 11.9. The van der Waals surface area contributed by atoms with Gasteiger partial charge in [0.1, 0.15) is 5.75 Å². The van der Waals surface area contributed by atoms with Gasteiger partial charge in [0.25, 0.3) is 5.89 Å². The lowest BCUT2D eigenvalue weighted by Crippen LogP contribution is -2.18. The molecule has 0 aliphatic carbocycles. The molecule has 0 N–H and O–H groups in total. The van der Waals surface area contributed by atoms with Crippen molar-refractivity contribution < 1.29 is 9.15 Å². The molecule has 3 aromatic rings. The summed E-state index contributed by atoms with van der Waals surface area (Å²) in [5.74, 6) is 0.612. The molecule has 3 aromatic heterocycles. The van der Waals surface area contributed by atoms with E-state index in [1.54, 1.807) is 13.3 Å². The molecule has 0 atom stereocenters. The molecular weight excluding hydrogens is 302 g/mol. The Bertz CT molecular complexity index is 850. The third-order valence-electron chi connectivity index (χ3n) is 3.39. The molecule has 0 saturated carbocycles. The lowest BCUT2D eigenvalue weighted by molar-refractivity contribution is 0.406. The van der Waals surface area contributed by atoms with E-state index >= 15 is 0 Å². The third kappa shape index (κ3) is 2.55. The number of ether oxygens (including phenoxy) is 1. The zero-order valence-electron chi connectivity index (χ0n) is 12.5. The number of methoxy groups -OCH3 is 1. The third-order valence-corrected chi connectivity index (χ3v) is 4.25. The van der Waals surface area contributed by atoms with Crippen LogP contribution in [0, 0.1) is 13.8 Å². The maximum absolute atomic E-state index is 12.0. The molecule has 22 heavy (non-hydrogen) atoms. The number of hydrogen-bond acceptors (Lipinski definition) is 6. The first kappa shape index (κ1) is 14.5. The Morgan fingerprint density at radius 1 is 1.41 bits per heavy atom. The van der Waals surface area contributed by atoms with Gasteiger partial charge >= 0.3 is 5.76 Å². The molecule has 0 saturated heterocycles. The van der Waals surface area contributed by atoms with Gasteiger partial charge < -0.3 is 9.15 Å². The smallest absolute Gasteiger partial charge is 0.437 e. The summed E-state index contributed by atoms with van der Waals surface area (Å²) in [6.07, 6.45) is 1.73. The summed E-state index contributed by atoms with van der Waals surface area (Å²) in [6.45, 7) is 4.09.